The number of amides is 2. The Hall–Kier alpha value is -4.13. The molecule has 7 nitrogen and oxygen atoms in total. The Morgan fingerprint density at radius 3 is 2.20 bits per heavy atom. The highest BCUT2D eigenvalue weighted by Crippen LogP contribution is 2.29. The smallest absolute Gasteiger partial charge is 0.259 e. The molecule has 3 aromatic carbocycles. The molecule has 0 atom stereocenters. The van der Waals surface area contributed by atoms with Crippen molar-refractivity contribution in [1.82, 2.24) is 5.16 Å². The molecule has 0 aliphatic carbocycles. The lowest BCUT2D eigenvalue weighted by Crippen LogP contribution is -2.27. The van der Waals surface area contributed by atoms with Crippen molar-refractivity contribution in [2.75, 3.05) is 10.6 Å². The van der Waals surface area contributed by atoms with Gasteiger partial charge in [0.05, 0.1) is 16.8 Å². The highest BCUT2D eigenvalue weighted by Gasteiger charge is 2.21. The molecule has 0 radical (unpaired) electrons. The first-order valence-corrected chi connectivity index (χ1v) is 11.4. The normalized spacial score (nSPS) is 11.3. The second-order valence-corrected chi connectivity index (χ2v) is 9.53. The van der Waals surface area contributed by atoms with E-state index in [1.807, 2.05) is 71.0 Å². The van der Waals surface area contributed by atoms with Crippen molar-refractivity contribution in [2.45, 2.75) is 41.2 Å². The van der Waals surface area contributed by atoms with Gasteiger partial charge in [0.2, 0.25) is 5.91 Å². The summed E-state index contributed by atoms with van der Waals surface area (Å²) < 4.78 is 11.3. The van der Waals surface area contributed by atoms with Crippen LogP contribution >= 0.6 is 0 Å². The van der Waals surface area contributed by atoms with Gasteiger partial charge in [-0.2, -0.15) is 0 Å². The van der Waals surface area contributed by atoms with Crippen molar-refractivity contribution in [3.63, 3.8) is 0 Å². The van der Waals surface area contributed by atoms with Gasteiger partial charge in [-0.05, 0) is 55.0 Å². The largest absolute Gasteiger partial charge is 0.488 e. The Morgan fingerprint density at radius 2 is 1.57 bits per heavy atom. The summed E-state index contributed by atoms with van der Waals surface area (Å²) in [5.74, 6) is 0.719. The summed E-state index contributed by atoms with van der Waals surface area (Å²) >= 11 is 0. The van der Waals surface area contributed by atoms with E-state index in [0.717, 1.165) is 22.0 Å². The van der Waals surface area contributed by atoms with Crippen molar-refractivity contribution < 1.29 is 18.8 Å². The number of carbonyl (C=O) groups is 2. The average Bonchev–Trinajstić information content (AvgIpc) is 3.13. The topological polar surface area (TPSA) is 93.5 Å². The number of hydrogen-bond acceptors (Lipinski definition) is 5. The van der Waals surface area contributed by atoms with Gasteiger partial charge in [-0.15, -0.1) is 0 Å². The van der Waals surface area contributed by atoms with Crippen molar-refractivity contribution >= 4 is 34.0 Å². The van der Waals surface area contributed by atoms with Gasteiger partial charge in [0.1, 0.15) is 18.1 Å². The van der Waals surface area contributed by atoms with Crippen LogP contribution in [0.2, 0.25) is 0 Å². The van der Waals surface area contributed by atoms with Crippen molar-refractivity contribution in [1.29, 1.82) is 0 Å². The maximum atomic E-state index is 13.4. The average molecular weight is 472 g/mol. The van der Waals surface area contributed by atoms with Gasteiger partial charge in [0.15, 0.2) is 0 Å². The van der Waals surface area contributed by atoms with E-state index in [1.54, 1.807) is 24.3 Å². The van der Waals surface area contributed by atoms with Gasteiger partial charge in [0, 0.05) is 16.8 Å². The maximum absolute atomic E-state index is 13.4. The molecule has 0 aliphatic rings. The Morgan fingerprint density at radius 1 is 0.914 bits per heavy atom. The minimum atomic E-state index is -0.530. The van der Waals surface area contributed by atoms with Crippen LogP contribution in [-0.2, 0) is 11.4 Å². The molecule has 180 valence electrons. The lowest BCUT2D eigenvalue weighted by molar-refractivity contribution is -0.123. The molecule has 2 amide bonds. The van der Waals surface area contributed by atoms with E-state index in [9.17, 15) is 9.59 Å². The van der Waals surface area contributed by atoms with Crippen LogP contribution in [0.1, 0.15) is 48.1 Å². The zero-order valence-electron chi connectivity index (χ0n) is 20.6. The summed E-state index contributed by atoms with van der Waals surface area (Å²) in [4.78, 5) is 25.7. The van der Waals surface area contributed by atoms with Crippen molar-refractivity contribution in [3.8, 4) is 5.75 Å². The predicted molar refractivity (Wildman–Crippen MR) is 137 cm³/mol. The van der Waals surface area contributed by atoms with Crippen LogP contribution in [-0.4, -0.2) is 17.0 Å². The highest BCUT2D eigenvalue weighted by atomic mass is 16.5. The number of anilines is 2. The second-order valence-electron chi connectivity index (χ2n) is 9.53. The number of aryl methyl sites for hydroxylation is 2. The lowest BCUT2D eigenvalue weighted by Gasteiger charge is -2.18. The van der Waals surface area contributed by atoms with Crippen LogP contribution in [0.3, 0.4) is 0 Å². The van der Waals surface area contributed by atoms with E-state index in [2.05, 4.69) is 15.8 Å². The van der Waals surface area contributed by atoms with Crippen LogP contribution in [0.25, 0.3) is 10.8 Å². The number of nitrogens with one attached hydrogen (secondary N) is 2. The quantitative estimate of drug-likeness (QED) is 0.346. The zero-order valence-corrected chi connectivity index (χ0v) is 20.6. The zero-order chi connectivity index (χ0) is 25.2. The molecule has 0 bridgehead atoms. The summed E-state index contributed by atoms with van der Waals surface area (Å²) in [5.41, 5.74) is 2.65. The minimum Gasteiger partial charge on any atom is -0.488 e. The monoisotopic (exact) mass is 471 g/mol. The molecule has 0 spiro atoms. The van der Waals surface area contributed by atoms with Crippen LogP contribution < -0.4 is 15.4 Å². The van der Waals surface area contributed by atoms with E-state index in [-0.39, 0.29) is 18.4 Å². The number of rotatable bonds is 6. The number of benzene rings is 3. The number of hydrogen-bond donors (Lipinski definition) is 2. The molecule has 1 heterocycles. The van der Waals surface area contributed by atoms with E-state index in [1.165, 1.54) is 0 Å². The van der Waals surface area contributed by atoms with E-state index in [4.69, 9.17) is 9.26 Å². The third-order valence-electron chi connectivity index (χ3n) is 5.71. The predicted octanol–water partition coefficient (Wildman–Crippen LogP) is 6.26. The number of aromatic nitrogens is 1. The van der Waals surface area contributed by atoms with Crippen LogP contribution in [0.4, 0.5) is 11.4 Å². The van der Waals surface area contributed by atoms with Crippen LogP contribution in [0, 0.1) is 19.3 Å². The lowest BCUT2D eigenvalue weighted by atomic mass is 9.95. The van der Waals surface area contributed by atoms with Gasteiger partial charge in [0.25, 0.3) is 5.91 Å². The Labute approximate surface area is 204 Å². The fraction of sp³-hybridized carbons (Fsp3) is 0.250. The molecule has 4 aromatic rings. The molecule has 7 heteroatoms. The highest BCUT2D eigenvalue weighted by molar-refractivity contribution is 6.09. The summed E-state index contributed by atoms with van der Waals surface area (Å²) in [6.07, 6.45) is 0. The van der Waals surface area contributed by atoms with E-state index >= 15 is 0 Å². The molecule has 0 aliphatic heterocycles. The number of fused-ring (bicyclic) bond motifs is 1. The van der Waals surface area contributed by atoms with Crippen LogP contribution in [0.15, 0.2) is 65.2 Å². The van der Waals surface area contributed by atoms with E-state index in [0.29, 0.717) is 28.4 Å². The van der Waals surface area contributed by atoms with Gasteiger partial charge < -0.3 is 19.9 Å². The first-order chi connectivity index (χ1) is 16.6. The third-order valence-corrected chi connectivity index (χ3v) is 5.71. The molecule has 0 saturated carbocycles. The standard InChI is InChI=1S/C28H29N3O4/c1-17-24(18(2)35-31-17)16-34-25-14-20-10-7-6-9-19(20)13-23(25)26(32)29-21-11-8-12-22(15-21)30-27(33)28(3,4)5/h6-15H,16H2,1-5H3,(H,29,32)(H,30,33). The Balaban J connectivity index is 1.61. The SMILES string of the molecule is Cc1noc(C)c1COc1cc2ccccc2cc1C(=O)Nc1cccc(NC(=O)C(C)(C)C)c1. The molecule has 0 saturated heterocycles. The van der Waals surface area contributed by atoms with Crippen LogP contribution in [0.5, 0.6) is 5.75 Å². The number of nitrogens with zero attached hydrogens (tertiary/aromatic N) is 1. The number of carbonyl (C=O) groups excluding carboxylic acids is 2. The van der Waals surface area contributed by atoms with E-state index < -0.39 is 5.41 Å². The maximum Gasteiger partial charge on any atom is 0.259 e. The minimum absolute atomic E-state index is 0.106. The molecule has 4 rings (SSSR count). The fourth-order valence-corrected chi connectivity index (χ4v) is 3.57. The molecule has 0 fully saturated rings. The van der Waals surface area contributed by atoms with Gasteiger partial charge in [-0.25, -0.2) is 0 Å². The van der Waals surface area contributed by atoms with Gasteiger partial charge >= 0.3 is 0 Å². The molecule has 0 unspecified atom stereocenters. The molecular weight excluding hydrogens is 442 g/mol. The molecule has 35 heavy (non-hydrogen) atoms. The summed E-state index contributed by atoms with van der Waals surface area (Å²) in [6.45, 7) is 9.45. The second kappa shape index (κ2) is 9.62. The molecular formula is C28H29N3O4. The summed E-state index contributed by atoms with van der Waals surface area (Å²) in [6, 6.07) is 18.5. The Bertz CT molecular complexity index is 1380. The molecule has 2 N–H and O–H groups in total. The summed E-state index contributed by atoms with van der Waals surface area (Å²) in [7, 11) is 0. The third kappa shape index (κ3) is 5.51. The van der Waals surface area contributed by atoms with Gasteiger partial charge in [-0.1, -0.05) is 56.3 Å². The number of ether oxygens (including phenoxy) is 1. The Kier molecular flexibility index (Phi) is 6.60. The van der Waals surface area contributed by atoms with Crippen molar-refractivity contribution in [3.05, 3.63) is 83.2 Å². The fourth-order valence-electron chi connectivity index (χ4n) is 3.57. The van der Waals surface area contributed by atoms with Gasteiger partial charge in [-0.3, -0.25) is 9.59 Å². The first-order valence-electron chi connectivity index (χ1n) is 11.4. The van der Waals surface area contributed by atoms with Crippen molar-refractivity contribution in [2.24, 2.45) is 5.41 Å². The first kappa shape index (κ1) is 24.0. The summed E-state index contributed by atoms with van der Waals surface area (Å²) in [5, 5.41) is 11.7. The molecule has 1 aromatic heterocycles.